The van der Waals surface area contributed by atoms with Gasteiger partial charge in [-0.15, -0.1) is 11.3 Å². The van der Waals surface area contributed by atoms with Gasteiger partial charge < -0.3 is 4.74 Å². The second kappa shape index (κ2) is 4.75. The number of hydrogen-bond donors (Lipinski definition) is 0. The van der Waals surface area contributed by atoms with E-state index in [1.165, 1.54) is 0 Å². The van der Waals surface area contributed by atoms with Crippen LogP contribution in [0.2, 0.25) is 5.02 Å². The van der Waals surface area contributed by atoms with Crippen LogP contribution in [0, 0.1) is 0 Å². The Labute approximate surface area is 97.5 Å². The van der Waals surface area contributed by atoms with Gasteiger partial charge in [0, 0.05) is 18.1 Å². The van der Waals surface area contributed by atoms with E-state index in [0.29, 0.717) is 6.61 Å². The first kappa shape index (κ1) is 10.6. The molecule has 0 aliphatic rings. The maximum absolute atomic E-state index is 6.08. The molecule has 0 unspecified atom stereocenters. The lowest BCUT2D eigenvalue weighted by Crippen LogP contribution is -1.87. The summed E-state index contributed by atoms with van der Waals surface area (Å²) in [4.78, 5) is 4.44. The first-order valence-electron chi connectivity index (χ1n) is 4.49. The molecule has 2 nitrogen and oxygen atoms in total. The molecule has 0 saturated heterocycles. The highest BCUT2D eigenvalue weighted by atomic mass is 35.5. The molecule has 0 N–H and O–H groups in total. The van der Waals surface area contributed by atoms with Crippen LogP contribution in [0.25, 0.3) is 10.6 Å². The van der Waals surface area contributed by atoms with E-state index in [0.717, 1.165) is 21.3 Å². The van der Waals surface area contributed by atoms with Crippen LogP contribution >= 0.6 is 22.9 Å². The van der Waals surface area contributed by atoms with Gasteiger partial charge in [0.15, 0.2) is 0 Å². The lowest BCUT2D eigenvalue weighted by molar-refractivity contribution is 0.182. The molecular weight excluding hydrogens is 230 g/mol. The van der Waals surface area contributed by atoms with Gasteiger partial charge in [0.2, 0.25) is 0 Å². The average molecular weight is 240 g/mol. The van der Waals surface area contributed by atoms with Gasteiger partial charge in [-0.25, -0.2) is 4.98 Å². The van der Waals surface area contributed by atoms with Crippen molar-refractivity contribution in [2.75, 3.05) is 7.11 Å². The van der Waals surface area contributed by atoms with Gasteiger partial charge in [-0.05, 0) is 6.07 Å². The first-order chi connectivity index (χ1) is 7.31. The normalized spacial score (nSPS) is 10.5. The van der Waals surface area contributed by atoms with E-state index in [4.69, 9.17) is 16.3 Å². The number of benzene rings is 1. The summed E-state index contributed by atoms with van der Waals surface area (Å²) in [6, 6.07) is 7.71. The zero-order chi connectivity index (χ0) is 10.7. The summed E-state index contributed by atoms with van der Waals surface area (Å²) in [5.41, 5.74) is 1.92. The minimum atomic E-state index is 0.543. The summed E-state index contributed by atoms with van der Waals surface area (Å²) >= 11 is 7.66. The van der Waals surface area contributed by atoms with Crippen molar-refractivity contribution in [3.05, 3.63) is 40.4 Å². The van der Waals surface area contributed by atoms with E-state index < -0.39 is 0 Å². The average Bonchev–Trinajstić information content (AvgIpc) is 2.68. The third-order valence-electron chi connectivity index (χ3n) is 1.95. The Bertz CT molecular complexity index is 455. The molecule has 0 amide bonds. The van der Waals surface area contributed by atoms with E-state index in [-0.39, 0.29) is 0 Å². The zero-order valence-electron chi connectivity index (χ0n) is 8.24. The second-order valence-electron chi connectivity index (χ2n) is 3.06. The number of ether oxygens (including phenoxy) is 1. The monoisotopic (exact) mass is 239 g/mol. The lowest BCUT2D eigenvalue weighted by atomic mass is 10.2. The molecule has 1 heterocycles. The van der Waals surface area contributed by atoms with Crippen LogP contribution in [0.1, 0.15) is 5.69 Å². The van der Waals surface area contributed by atoms with Gasteiger partial charge in [0.25, 0.3) is 0 Å². The number of halogens is 1. The Balaban J connectivity index is 2.33. The summed E-state index contributed by atoms with van der Waals surface area (Å²) < 4.78 is 5.02. The van der Waals surface area contributed by atoms with Crippen LogP contribution in [0.3, 0.4) is 0 Å². The Morgan fingerprint density at radius 1 is 1.40 bits per heavy atom. The maximum atomic E-state index is 6.08. The fourth-order valence-electron chi connectivity index (χ4n) is 1.28. The maximum Gasteiger partial charge on any atom is 0.125 e. The van der Waals surface area contributed by atoms with Crippen molar-refractivity contribution in [1.82, 2.24) is 4.98 Å². The van der Waals surface area contributed by atoms with Crippen molar-refractivity contribution in [2.45, 2.75) is 6.61 Å². The number of nitrogens with zero attached hydrogens (tertiary/aromatic N) is 1. The molecule has 0 saturated carbocycles. The molecule has 1 aromatic heterocycles. The van der Waals surface area contributed by atoms with Gasteiger partial charge in [-0.3, -0.25) is 0 Å². The van der Waals surface area contributed by atoms with Gasteiger partial charge in [0.05, 0.1) is 17.3 Å². The molecule has 0 aliphatic carbocycles. The second-order valence-corrected chi connectivity index (χ2v) is 4.32. The van der Waals surface area contributed by atoms with Crippen molar-refractivity contribution >= 4 is 22.9 Å². The molecule has 2 rings (SSSR count). The molecular formula is C11H10ClNOS. The molecule has 0 fully saturated rings. The number of aromatic nitrogens is 1. The first-order valence-corrected chi connectivity index (χ1v) is 5.75. The highest BCUT2D eigenvalue weighted by Gasteiger charge is 2.07. The molecule has 0 radical (unpaired) electrons. The van der Waals surface area contributed by atoms with Crippen molar-refractivity contribution in [3.63, 3.8) is 0 Å². The zero-order valence-corrected chi connectivity index (χ0v) is 9.81. The van der Waals surface area contributed by atoms with Crippen LogP contribution in [0.15, 0.2) is 29.6 Å². The number of methoxy groups -OCH3 is 1. The quantitative estimate of drug-likeness (QED) is 0.816. The standard InChI is InChI=1S/C11H10ClNOS/c1-14-6-8-7-15-11(13-8)9-4-2-3-5-10(9)12/h2-5,7H,6H2,1H3. The third kappa shape index (κ3) is 2.37. The van der Waals surface area contributed by atoms with Crippen LogP contribution in [-0.2, 0) is 11.3 Å². The van der Waals surface area contributed by atoms with Crippen LogP contribution < -0.4 is 0 Å². The van der Waals surface area contributed by atoms with E-state index >= 15 is 0 Å². The Morgan fingerprint density at radius 2 is 2.20 bits per heavy atom. The lowest BCUT2D eigenvalue weighted by Gasteiger charge is -1.98. The van der Waals surface area contributed by atoms with E-state index in [2.05, 4.69) is 4.98 Å². The predicted molar refractivity (Wildman–Crippen MR) is 63.3 cm³/mol. The summed E-state index contributed by atoms with van der Waals surface area (Å²) in [5, 5.41) is 3.66. The molecule has 78 valence electrons. The molecule has 15 heavy (non-hydrogen) atoms. The molecule has 1 aromatic carbocycles. The van der Waals surface area contributed by atoms with E-state index in [1.807, 2.05) is 29.6 Å². The molecule has 0 bridgehead atoms. The summed E-state index contributed by atoms with van der Waals surface area (Å²) in [6.45, 7) is 0.543. The van der Waals surface area contributed by atoms with Crippen LogP contribution in [0.4, 0.5) is 0 Å². The smallest absolute Gasteiger partial charge is 0.125 e. The Kier molecular flexibility index (Phi) is 3.36. The SMILES string of the molecule is COCc1csc(-c2ccccc2Cl)n1. The summed E-state index contributed by atoms with van der Waals surface area (Å²) in [5.74, 6) is 0. The highest BCUT2D eigenvalue weighted by Crippen LogP contribution is 2.30. The van der Waals surface area contributed by atoms with E-state index in [1.54, 1.807) is 18.4 Å². The van der Waals surface area contributed by atoms with Crippen LogP contribution in [-0.4, -0.2) is 12.1 Å². The summed E-state index contributed by atoms with van der Waals surface area (Å²) in [6.07, 6.45) is 0. The minimum Gasteiger partial charge on any atom is -0.378 e. The third-order valence-corrected chi connectivity index (χ3v) is 3.20. The number of hydrogen-bond acceptors (Lipinski definition) is 3. The number of thiazole rings is 1. The number of rotatable bonds is 3. The van der Waals surface area contributed by atoms with Gasteiger partial charge in [0.1, 0.15) is 5.01 Å². The van der Waals surface area contributed by atoms with Gasteiger partial charge >= 0.3 is 0 Å². The Hall–Kier alpha value is -0.900. The van der Waals surface area contributed by atoms with Crippen molar-refractivity contribution < 1.29 is 4.74 Å². The molecule has 2 aromatic rings. The fraction of sp³-hybridized carbons (Fsp3) is 0.182. The van der Waals surface area contributed by atoms with Gasteiger partial charge in [-0.2, -0.15) is 0 Å². The van der Waals surface area contributed by atoms with Crippen LogP contribution in [0.5, 0.6) is 0 Å². The van der Waals surface area contributed by atoms with Crippen molar-refractivity contribution in [2.24, 2.45) is 0 Å². The highest BCUT2D eigenvalue weighted by molar-refractivity contribution is 7.13. The molecule has 0 aliphatic heterocycles. The minimum absolute atomic E-state index is 0.543. The topological polar surface area (TPSA) is 22.1 Å². The van der Waals surface area contributed by atoms with Crippen molar-refractivity contribution in [3.8, 4) is 10.6 Å². The molecule has 0 atom stereocenters. The van der Waals surface area contributed by atoms with Crippen molar-refractivity contribution in [1.29, 1.82) is 0 Å². The summed E-state index contributed by atoms with van der Waals surface area (Å²) in [7, 11) is 1.66. The predicted octanol–water partition coefficient (Wildman–Crippen LogP) is 3.61. The largest absolute Gasteiger partial charge is 0.378 e. The Morgan fingerprint density at radius 3 is 2.93 bits per heavy atom. The fourth-order valence-corrected chi connectivity index (χ4v) is 2.40. The van der Waals surface area contributed by atoms with E-state index in [9.17, 15) is 0 Å². The molecule has 0 spiro atoms. The molecule has 4 heteroatoms. The van der Waals surface area contributed by atoms with Gasteiger partial charge in [-0.1, -0.05) is 29.8 Å².